The third-order valence-electron chi connectivity index (χ3n) is 7.50. The smallest absolute Gasteiger partial charge is 0.399 e. The first-order valence-electron chi connectivity index (χ1n) is 12.3. The van der Waals surface area contributed by atoms with E-state index in [4.69, 9.17) is 19.3 Å². The Morgan fingerprint density at radius 3 is 2.33 bits per heavy atom. The van der Waals surface area contributed by atoms with Gasteiger partial charge in [0.1, 0.15) is 11.6 Å². The van der Waals surface area contributed by atoms with Crippen molar-refractivity contribution in [3.05, 3.63) is 76.9 Å². The summed E-state index contributed by atoms with van der Waals surface area (Å²) in [6, 6.07) is 14.8. The molecule has 1 N–H and O–H groups in total. The van der Waals surface area contributed by atoms with Gasteiger partial charge in [-0.1, -0.05) is 24.3 Å². The van der Waals surface area contributed by atoms with Crippen LogP contribution in [0, 0.1) is 26.6 Å². The normalized spacial score (nSPS) is 16.6. The molecular formula is C28H32BFN4O2. The van der Waals surface area contributed by atoms with E-state index >= 15 is 0 Å². The number of aromatic nitrogens is 3. The SMILES string of the molecule is Cc1nc(-n2c(C)cc3c(B4OC(C)(C)C(C)(C)O4)cccc32)nc(NCc2cccc(F)c2)c1C. The second-order valence-corrected chi connectivity index (χ2v) is 10.6. The fourth-order valence-corrected chi connectivity index (χ4v) is 4.55. The Morgan fingerprint density at radius 1 is 0.944 bits per heavy atom. The number of anilines is 1. The van der Waals surface area contributed by atoms with E-state index in [-0.39, 0.29) is 5.82 Å². The van der Waals surface area contributed by atoms with Gasteiger partial charge in [0.2, 0.25) is 5.95 Å². The minimum absolute atomic E-state index is 0.252. The minimum Gasteiger partial charge on any atom is -0.399 e. The molecule has 6 nitrogen and oxygen atoms in total. The van der Waals surface area contributed by atoms with E-state index in [2.05, 4.69) is 55.8 Å². The topological polar surface area (TPSA) is 61.2 Å². The van der Waals surface area contributed by atoms with Crippen LogP contribution in [0.5, 0.6) is 0 Å². The predicted octanol–water partition coefficient (Wildman–Crippen LogP) is 5.40. The van der Waals surface area contributed by atoms with Crippen LogP contribution >= 0.6 is 0 Å². The van der Waals surface area contributed by atoms with Gasteiger partial charge >= 0.3 is 7.12 Å². The number of aryl methyl sites for hydroxylation is 2. The molecule has 0 atom stereocenters. The molecule has 36 heavy (non-hydrogen) atoms. The molecule has 1 saturated heterocycles. The molecular weight excluding hydrogens is 454 g/mol. The van der Waals surface area contributed by atoms with Gasteiger partial charge in [-0.3, -0.25) is 4.57 Å². The molecule has 8 heteroatoms. The maximum atomic E-state index is 13.6. The van der Waals surface area contributed by atoms with Crippen LogP contribution in [0.1, 0.15) is 50.2 Å². The zero-order valence-electron chi connectivity index (χ0n) is 21.9. The zero-order chi connectivity index (χ0) is 25.8. The van der Waals surface area contributed by atoms with Crippen molar-refractivity contribution in [2.24, 2.45) is 0 Å². The van der Waals surface area contributed by atoms with Crippen LogP contribution in [0.3, 0.4) is 0 Å². The van der Waals surface area contributed by atoms with Crippen molar-refractivity contribution in [1.29, 1.82) is 0 Å². The van der Waals surface area contributed by atoms with Gasteiger partial charge in [-0.25, -0.2) is 9.37 Å². The summed E-state index contributed by atoms with van der Waals surface area (Å²) in [5, 5.41) is 4.42. The van der Waals surface area contributed by atoms with Gasteiger partial charge < -0.3 is 14.6 Å². The monoisotopic (exact) mass is 486 g/mol. The van der Waals surface area contributed by atoms with Crippen molar-refractivity contribution in [3.63, 3.8) is 0 Å². The maximum Gasteiger partial charge on any atom is 0.495 e. The minimum atomic E-state index is -0.460. The first-order chi connectivity index (χ1) is 17.0. The highest BCUT2D eigenvalue weighted by Gasteiger charge is 2.52. The van der Waals surface area contributed by atoms with Gasteiger partial charge in [-0.05, 0) is 83.8 Å². The molecule has 1 fully saturated rings. The Kier molecular flexibility index (Phi) is 5.92. The lowest BCUT2D eigenvalue weighted by Crippen LogP contribution is -2.41. The van der Waals surface area contributed by atoms with Gasteiger partial charge in [0, 0.05) is 28.9 Å². The van der Waals surface area contributed by atoms with E-state index in [1.807, 2.05) is 32.9 Å². The fourth-order valence-electron chi connectivity index (χ4n) is 4.55. The first kappa shape index (κ1) is 24.5. The lowest BCUT2D eigenvalue weighted by atomic mass is 9.77. The van der Waals surface area contributed by atoms with Gasteiger partial charge in [0.25, 0.3) is 0 Å². The number of benzene rings is 2. The Bertz CT molecular complexity index is 1450. The summed E-state index contributed by atoms with van der Waals surface area (Å²) in [6.07, 6.45) is 0. The number of hydrogen-bond acceptors (Lipinski definition) is 5. The quantitative estimate of drug-likeness (QED) is 0.383. The Balaban J connectivity index is 1.54. The third kappa shape index (κ3) is 4.18. The molecule has 2 aromatic carbocycles. The molecule has 2 aromatic heterocycles. The molecule has 0 bridgehead atoms. The Labute approximate surface area is 212 Å². The molecule has 0 aliphatic carbocycles. The summed E-state index contributed by atoms with van der Waals surface area (Å²) >= 11 is 0. The summed E-state index contributed by atoms with van der Waals surface area (Å²) in [6.45, 7) is 14.7. The molecule has 0 radical (unpaired) electrons. The second-order valence-electron chi connectivity index (χ2n) is 10.6. The highest BCUT2D eigenvalue weighted by Crippen LogP contribution is 2.37. The molecule has 0 amide bonds. The highest BCUT2D eigenvalue weighted by molar-refractivity contribution is 6.65. The Morgan fingerprint density at radius 2 is 1.64 bits per heavy atom. The number of fused-ring (bicyclic) bond motifs is 1. The molecule has 4 aromatic rings. The highest BCUT2D eigenvalue weighted by atomic mass is 19.1. The van der Waals surface area contributed by atoms with Crippen LogP contribution in [-0.4, -0.2) is 32.9 Å². The first-order valence-corrected chi connectivity index (χ1v) is 12.3. The van der Waals surface area contributed by atoms with Gasteiger partial charge in [-0.15, -0.1) is 0 Å². The van der Waals surface area contributed by atoms with E-state index in [0.717, 1.165) is 44.7 Å². The number of nitrogens with one attached hydrogen (secondary N) is 1. The third-order valence-corrected chi connectivity index (χ3v) is 7.50. The van der Waals surface area contributed by atoms with Crippen LogP contribution in [0.15, 0.2) is 48.5 Å². The van der Waals surface area contributed by atoms with Crippen molar-refractivity contribution in [3.8, 4) is 5.95 Å². The molecule has 1 aliphatic heterocycles. The van der Waals surface area contributed by atoms with Crippen LogP contribution in [0.25, 0.3) is 16.9 Å². The summed E-state index contributed by atoms with van der Waals surface area (Å²) in [7, 11) is -0.460. The molecule has 5 rings (SSSR count). The lowest BCUT2D eigenvalue weighted by molar-refractivity contribution is 0.00578. The van der Waals surface area contributed by atoms with Gasteiger partial charge in [0.15, 0.2) is 0 Å². The number of hydrogen-bond donors (Lipinski definition) is 1. The van der Waals surface area contributed by atoms with Crippen LogP contribution in [0.2, 0.25) is 0 Å². The average molecular weight is 486 g/mol. The fraction of sp³-hybridized carbons (Fsp3) is 0.357. The van der Waals surface area contributed by atoms with Crippen LogP contribution in [0.4, 0.5) is 10.2 Å². The van der Waals surface area contributed by atoms with E-state index < -0.39 is 18.3 Å². The zero-order valence-corrected chi connectivity index (χ0v) is 21.9. The number of halogens is 1. The molecule has 0 unspecified atom stereocenters. The molecule has 0 saturated carbocycles. The van der Waals surface area contributed by atoms with Crippen LogP contribution < -0.4 is 10.8 Å². The summed E-state index contributed by atoms with van der Waals surface area (Å²) < 4.78 is 28.4. The van der Waals surface area contributed by atoms with Crippen molar-refractivity contribution in [1.82, 2.24) is 14.5 Å². The molecule has 186 valence electrons. The summed E-state index contributed by atoms with van der Waals surface area (Å²) in [5.41, 5.74) is 4.83. The summed E-state index contributed by atoms with van der Waals surface area (Å²) in [5.74, 6) is 1.06. The van der Waals surface area contributed by atoms with Crippen molar-refractivity contribution in [2.75, 3.05) is 5.32 Å². The van der Waals surface area contributed by atoms with E-state index in [1.165, 1.54) is 12.1 Å². The number of nitrogens with zero attached hydrogens (tertiary/aromatic N) is 3. The molecule has 3 heterocycles. The predicted molar refractivity (Wildman–Crippen MR) is 143 cm³/mol. The second kappa shape index (κ2) is 8.71. The Hall–Kier alpha value is -3.23. The maximum absolute atomic E-state index is 13.6. The lowest BCUT2D eigenvalue weighted by Gasteiger charge is -2.32. The van der Waals surface area contributed by atoms with Crippen molar-refractivity contribution in [2.45, 2.75) is 66.2 Å². The number of rotatable bonds is 5. The van der Waals surface area contributed by atoms with Gasteiger partial charge in [0.05, 0.1) is 16.7 Å². The van der Waals surface area contributed by atoms with Crippen molar-refractivity contribution < 1.29 is 13.7 Å². The molecule has 0 spiro atoms. The van der Waals surface area contributed by atoms with Crippen LogP contribution in [-0.2, 0) is 15.9 Å². The standard InChI is InChI=1S/C28H32BFN4O2/c1-17-14-22-23(29-35-27(4,5)28(6,7)36-29)12-9-13-24(22)34(17)26-32-19(3)18(2)25(33-26)31-16-20-10-8-11-21(30)15-20/h8-15H,16H2,1-7H3,(H,31,32,33). The van der Waals surface area contributed by atoms with E-state index in [9.17, 15) is 4.39 Å². The van der Waals surface area contributed by atoms with E-state index in [1.54, 1.807) is 6.07 Å². The van der Waals surface area contributed by atoms with Gasteiger partial charge in [-0.2, -0.15) is 4.98 Å². The van der Waals surface area contributed by atoms with E-state index in [0.29, 0.717) is 12.5 Å². The molecule has 1 aliphatic rings. The average Bonchev–Trinajstić information content (AvgIpc) is 3.25. The van der Waals surface area contributed by atoms with Crippen molar-refractivity contribution >= 4 is 29.3 Å². The largest absolute Gasteiger partial charge is 0.495 e. The summed E-state index contributed by atoms with van der Waals surface area (Å²) in [4.78, 5) is 9.70.